The second-order valence-corrected chi connectivity index (χ2v) is 6.13. The lowest BCUT2D eigenvalue weighted by Gasteiger charge is -2.05. The van der Waals surface area contributed by atoms with Crippen LogP contribution >= 0.6 is 0 Å². The molecule has 3 rings (SSSR count). The van der Waals surface area contributed by atoms with Gasteiger partial charge in [0.15, 0.2) is 5.78 Å². The monoisotopic (exact) mass is 368 g/mol. The maximum atomic E-state index is 12.1. The fraction of sp³-hybridized carbons (Fsp3) is 0.0400. The van der Waals surface area contributed by atoms with E-state index in [1.807, 2.05) is 60.7 Å². The molecule has 0 fully saturated rings. The lowest BCUT2D eigenvalue weighted by atomic mass is 10.0. The van der Waals surface area contributed by atoms with Crippen LogP contribution < -0.4 is 4.74 Å². The summed E-state index contributed by atoms with van der Waals surface area (Å²) in [6.07, 6.45) is 6.41. The Morgan fingerprint density at radius 3 is 1.96 bits per heavy atom. The maximum absolute atomic E-state index is 12.1. The molecule has 0 radical (unpaired) electrons. The first kappa shape index (κ1) is 19.1. The van der Waals surface area contributed by atoms with Crippen molar-refractivity contribution in [3.8, 4) is 16.9 Å². The molecular formula is C25H20O3. The number of carbonyl (C=O) groups is 2. The van der Waals surface area contributed by atoms with E-state index in [0.717, 1.165) is 16.7 Å². The van der Waals surface area contributed by atoms with E-state index in [9.17, 15) is 9.59 Å². The normalized spacial score (nSPS) is 11.0. The van der Waals surface area contributed by atoms with Crippen LogP contribution in [0.15, 0.2) is 97.1 Å². The Hall–Kier alpha value is -3.72. The van der Waals surface area contributed by atoms with Crippen LogP contribution in [0.2, 0.25) is 0 Å². The third-order valence-corrected chi connectivity index (χ3v) is 4.10. The van der Waals surface area contributed by atoms with Gasteiger partial charge in [-0.1, -0.05) is 78.9 Å². The molecule has 3 aromatic carbocycles. The van der Waals surface area contributed by atoms with Crippen LogP contribution in [0.3, 0.4) is 0 Å². The fourth-order valence-corrected chi connectivity index (χ4v) is 2.66. The van der Waals surface area contributed by atoms with E-state index in [1.165, 1.54) is 6.08 Å². The molecular weight excluding hydrogens is 348 g/mol. The first-order chi connectivity index (χ1) is 13.7. The van der Waals surface area contributed by atoms with Gasteiger partial charge < -0.3 is 4.74 Å². The van der Waals surface area contributed by atoms with Crippen LogP contribution in [0, 0.1) is 0 Å². The second kappa shape index (κ2) is 9.28. The van der Waals surface area contributed by atoms with Gasteiger partial charge in [-0.25, -0.2) is 4.79 Å². The minimum atomic E-state index is -0.392. The van der Waals surface area contributed by atoms with E-state index >= 15 is 0 Å². The molecule has 0 atom stereocenters. The molecule has 3 aromatic rings. The summed E-state index contributed by atoms with van der Waals surface area (Å²) < 4.78 is 5.19. The van der Waals surface area contributed by atoms with Gasteiger partial charge in [0.1, 0.15) is 5.75 Å². The molecule has 3 nitrogen and oxygen atoms in total. The SMILES string of the molecule is CC=CC(=O)Oc1ccc(-c2ccc(C=CC(=O)c3ccccc3)cc2)cc1. The van der Waals surface area contributed by atoms with E-state index in [-0.39, 0.29) is 5.78 Å². The number of ether oxygens (including phenoxy) is 1. The van der Waals surface area contributed by atoms with Gasteiger partial charge in [-0.2, -0.15) is 0 Å². The molecule has 0 bridgehead atoms. The highest BCUT2D eigenvalue weighted by molar-refractivity contribution is 6.06. The second-order valence-electron chi connectivity index (χ2n) is 6.13. The fourth-order valence-electron chi connectivity index (χ4n) is 2.66. The van der Waals surface area contributed by atoms with Crippen LogP contribution in [-0.2, 0) is 4.79 Å². The van der Waals surface area contributed by atoms with Crippen molar-refractivity contribution in [2.45, 2.75) is 6.92 Å². The van der Waals surface area contributed by atoms with Crippen molar-refractivity contribution in [2.75, 3.05) is 0 Å². The smallest absolute Gasteiger partial charge is 0.335 e. The molecule has 3 heteroatoms. The van der Waals surface area contributed by atoms with Gasteiger partial charge in [-0.15, -0.1) is 0 Å². The van der Waals surface area contributed by atoms with Gasteiger partial charge in [0.05, 0.1) is 0 Å². The predicted molar refractivity (Wildman–Crippen MR) is 112 cm³/mol. The van der Waals surface area contributed by atoms with Gasteiger partial charge in [0.2, 0.25) is 0 Å². The van der Waals surface area contributed by atoms with Crippen LogP contribution in [0.5, 0.6) is 5.75 Å². The summed E-state index contributed by atoms with van der Waals surface area (Å²) in [7, 11) is 0. The van der Waals surface area contributed by atoms with Gasteiger partial charge in [0.25, 0.3) is 0 Å². The van der Waals surface area contributed by atoms with Crippen LogP contribution in [0.25, 0.3) is 17.2 Å². The molecule has 0 aliphatic rings. The zero-order valence-corrected chi connectivity index (χ0v) is 15.5. The largest absolute Gasteiger partial charge is 0.423 e. The standard InChI is InChI=1S/C25H20O3/c1-2-6-25(27)28-23-16-14-21(15-17-23)20-12-9-19(10-13-20)11-18-24(26)22-7-4-3-5-8-22/h2-18H,1H3. The topological polar surface area (TPSA) is 43.4 Å². The number of rotatable bonds is 6. The van der Waals surface area contributed by atoms with Crippen LogP contribution in [-0.4, -0.2) is 11.8 Å². The first-order valence-corrected chi connectivity index (χ1v) is 8.98. The average molecular weight is 368 g/mol. The Morgan fingerprint density at radius 2 is 1.36 bits per heavy atom. The number of benzene rings is 3. The van der Waals surface area contributed by atoms with Crippen molar-refractivity contribution in [1.82, 2.24) is 0 Å². The molecule has 0 aliphatic heterocycles. The van der Waals surface area contributed by atoms with Crippen molar-refractivity contribution in [3.63, 3.8) is 0 Å². The molecule has 0 spiro atoms. The molecule has 0 unspecified atom stereocenters. The first-order valence-electron chi connectivity index (χ1n) is 8.98. The number of hydrogen-bond donors (Lipinski definition) is 0. The molecule has 0 heterocycles. The van der Waals surface area contributed by atoms with Crippen molar-refractivity contribution in [2.24, 2.45) is 0 Å². The Morgan fingerprint density at radius 1 is 0.750 bits per heavy atom. The van der Waals surface area contributed by atoms with E-state index in [0.29, 0.717) is 11.3 Å². The van der Waals surface area contributed by atoms with Gasteiger partial charge in [-0.05, 0) is 41.8 Å². The summed E-state index contributed by atoms with van der Waals surface area (Å²) in [5.74, 6) is 0.0926. The maximum Gasteiger partial charge on any atom is 0.335 e. The summed E-state index contributed by atoms with van der Waals surface area (Å²) >= 11 is 0. The van der Waals surface area contributed by atoms with Crippen LogP contribution in [0.4, 0.5) is 0 Å². The van der Waals surface area contributed by atoms with E-state index in [2.05, 4.69) is 0 Å². The zero-order valence-electron chi connectivity index (χ0n) is 15.5. The predicted octanol–water partition coefficient (Wildman–Crippen LogP) is 5.73. The Kier molecular flexibility index (Phi) is 6.32. The van der Waals surface area contributed by atoms with Crippen molar-refractivity contribution < 1.29 is 14.3 Å². The van der Waals surface area contributed by atoms with E-state index in [1.54, 1.807) is 43.3 Å². The molecule has 0 saturated heterocycles. The number of esters is 1. The summed E-state index contributed by atoms with van der Waals surface area (Å²) in [4.78, 5) is 23.6. The lowest BCUT2D eigenvalue weighted by molar-refractivity contribution is -0.129. The molecule has 0 saturated carbocycles. The third-order valence-electron chi connectivity index (χ3n) is 4.10. The molecule has 0 N–H and O–H groups in total. The summed E-state index contributed by atoms with van der Waals surface area (Å²) in [6.45, 7) is 1.76. The number of allylic oxidation sites excluding steroid dienone is 2. The average Bonchev–Trinajstić information content (AvgIpc) is 2.74. The van der Waals surface area contributed by atoms with Gasteiger partial charge in [-0.3, -0.25) is 4.79 Å². The van der Waals surface area contributed by atoms with Crippen molar-refractivity contribution in [3.05, 3.63) is 108 Å². The summed E-state index contributed by atoms with van der Waals surface area (Å²) in [5.41, 5.74) is 3.68. The highest BCUT2D eigenvalue weighted by atomic mass is 16.5. The Balaban J connectivity index is 1.66. The number of carbonyl (C=O) groups excluding carboxylic acids is 2. The number of hydrogen-bond acceptors (Lipinski definition) is 3. The summed E-state index contributed by atoms with van der Waals surface area (Å²) in [6, 6.07) is 24.4. The summed E-state index contributed by atoms with van der Waals surface area (Å²) in [5, 5.41) is 0. The zero-order chi connectivity index (χ0) is 19.8. The minimum absolute atomic E-state index is 0.0206. The van der Waals surface area contributed by atoms with Gasteiger partial charge >= 0.3 is 5.97 Å². The molecule has 0 amide bonds. The molecule has 0 aromatic heterocycles. The molecule has 0 aliphatic carbocycles. The molecule has 28 heavy (non-hydrogen) atoms. The van der Waals surface area contributed by atoms with E-state index in [4.69, 9.17) is 4.74 Å². The third kappa shape index (κ3) is 5.15. The minimum Gasteiger partial charge on any atom is -0.423 e. The van der Waals surface area contributed by atoms with Crippen LogP contribution in [0.1, 0.15) is 22.8 Å². The Labute approximate surface area is 164 Å². The van der Waals surface area contributed by atoms with Gasteiger partial charge in [0, 0.05) is 11.6 Å². The lowest BCUT2D eigenvalue weighted by Crippen LogP contribution is -2.03. The van der Waals surface area contributed by atoms with E-state index < -0.39 is 5.97 Å². The molecule has 138 valence electrons. The highest BCUT2D eigenvalue weighted by Gasteiger charge is 2.03. The van der Waals surface area contributed by atoms with Crippen molar-refractivity contribution in [1.29, 1.82) is 0 Å². The highest BCUT2D eigenvalue weighted by Crippen LogP contribution is 2.23. The Bertz CT molecular complexity index is 996. The quantitative estimate of drug-likeness (QED) is 0.241. The number of ketones is 1. The van der Waals surface area contributed by atoms with Crippen molar-refractivity contribution >= 4 is 17.8 Å².